The maximum Gasteiger partial charge on any atom is 0.270 e. The number of carbonyl (C=O) groups is 1. The van der Waals surface area contributed by atoms with Crippen molar-refractivity contribution in [1.29, 1.82) is 0 Å². The van der Waals surface area contributed by atoms with Crippen LogP contribution in [-0.4, -0.2) is 41.7 Å². The van der Waals surface area contributed by atoms with Crippen molar-refractivity contribution >= 4 is 27.0 Å². The summed E-state index contributed by atoms with van der Waals surface area (Å²) in [6, 6.07) is 13.5. The number of nitrogens with zero attached hydrogens (tertiary/aromatic N) is 2. The quantitative estimate of drug-likeness (QED) is 0.514. The van der Waals surface area contributed by atoms with Gasteiger partial charge in [-0.05, 0) is 36.8 Å². The number of aromatic nitrogens is 2. The highest BCUT2D eigenvalue weighted by Gasteiger charge is 2.21. The van der Waals surface area contributed by atoms with Crippen molar-refractivity contribution in [2.24, 2.45) is 0 Å². The second-order valence-corrected chi connectivity index (χ2v) is 9.42. The highest BCUT2D eigenvalue weighted by Crippen LogP contribution is 2.19. The molecule has 0 fully saturated rings. The van der Waals surface area contributed by atoms with Crippen LogP contribution < -0.4 is 10.9 Å². The van der Waals surface area contributed by atoms with Gasteiger partial charge in [-0.25, -0.2) is 13.4 Å². The molecule has 9 heteroatoms. The Morgan fingerprint density at radius 1 is 1.09 bits per heavy atom. The molecule has 2 aromatic carbocycles. The summed E-state index contributed by atoms with van der Waals surface area (Å²) in [6.07, 6.45) is 0.340. The zero-order chi connectivity index (χ0) is 23.3. The Morgan fingerprint density at radius 3 is 2.41 bits per heavy atom. The third-order valence-electron chi connectivity index (χ3n) is 5.36. The average molecular weight is 457 g/mol. The first-order valence-corrected chi connectivity index (χ1v) is 12.1. The molecule has 1 amide bonds. The Kier molecular flexibility index (Phi) is 7.42. The number of aryl methyl sites for hydroxylation is 1. The van der Waals surface area contributed by atoms with E-state index in [1.807, 2.05) is 19.1 Å². The largest absolute Gasteiger partial charge is 0.350 e. The number of para-hydroxylation sites is 2. The van der Waals surface area contributed by atoms with Crippen molar-refractivity contribution in [3.8, 4) is 0 Å². The Morgan fingerprint density at radius 2 is 1.75 bits per heavy atom. The summed E-state index contributed by atoms with van der Waals surface area (Å²) >= 11 is 0. The molecule has 32 heavy (non-hydrogen) atoms. The van der Waals surface area contributed by atoms with E-state index in [1.165, 1.54) is 4.31 Å². The second kappa shape index (κ2) is 10.1. The summed E-state index contributed by atoms with van der Waals surface area (Å²) in [7, 11) is -3.52. The van der Waals surface area contributed by atoms with E-state index in [9.17, 15) is 18.0 Å². The van der Waals surface area contributed by atoms with E-state index in [0.717, 1.165) is 5.56 Å². The SMILES string of the molecule is CCN(CC)S(=O)(=O)c1ccc([C@@H](C)NC(=O)CCc2nc3ccccc3[nH]c2=O)cc1. The molecule has 2 N–H and O–H groups in total. The highest BCUT2D eigenvalue weighted by molar-refractivity contribution is 7.89. The van der Waals surface area contributed by atoms with Crippen LogP contribution >= 0.6 is 0 Å². The Hall–Kier alpha value is -3.04. The number of fused-ring (bicyclic) bond motifs is 1. The summed E-state index contributed by atoms with van der Waals surface area (Å²) in [5, 5.41) is 2.89. The van der Waals surface area contributed by atoms with Crippen LogP contribution in [0, 0.1) is 0 Å². The molecule has 1 heterocycles. The standard InChI is InChI=1S/C23H28N4O4S/c1-4-27(5-2)32(30,31)18-12-10-17(11-13-18)16(3)24-22(28)15-14-21-23(29)26-20-9-7-6-8-19(20)25-21/h6-13,16H,4-5,14-15H2,1-3H3,(H,24,28)(H,26,29)/t16-/m1/s1. The number of H-pyrrole nitrogens is 1. The molecule has 0 bridgehead atoms. The van der Waals surface area contributed by atoms with Gasteiger partial charge in [0.15, 0.2) is 0 Å². The maximum absolute atomic E-state index is 12.6. The molecule has 1 aromatic heterocycles. The van der Waals surface area contributed by atoms with Crippen molar-refractivity contribution in [3.63, 3.8) is 0 Å². The van der Waals surface area contributed by atoms with Gasteiger partial charge >= 0.3 is 0 Å². The number of sulfonamides is 1. The maximum atomic E-state index is 12.6. The molecule has 3 rings (SSSR count). The van der Waals surface area contributed by atoms with E-state index >= 15 is 0 Å². The van der Waals surface area contributed by atoms with Gasteiger partial charge < -0.3 is 10.3 Å². The van der Waals surface area contributed by atoms with Gasteiger partial charge in [-0.3, -0.25) is 9.59 Å². The van der Waals surface area contributed by atoms with Crippen molar-refractivity contribution < 1.29 is 13.2 Å². The lowest BCUT2D eigenvalue weighted by Crippen LogP contribution is -2.30. The summed E-state index contributed by atoms with van der Waals surface area (Å²) in [6.45, 7) is 6.24. The molecule has 170 valence electrons. The minimum Gasteiger partial charge on any atom is -0.350 e. The van der Waals surface area contributed by atoms with Gasteiger partial charge in [0.05, 0.1) is 22.0 Å². The Balaban J connectivity index is 1.62. The third-order valence-corrected chi connectivity index (χ3v) is 7.42. The second-order valence-electron chi connectivity index (χ2n) is 7.48. The zero-order valence-electron chi connectivity index (χ0n) is 18.5. The van der Waals surface area contributed by atoms with Crippen LogP contribution in [0.2, 0.25) is 0 Å². The normalized spacial score (nSPS) is 12.8. The first-order chi connectivity index (χ1) is 15.3. The smallest absolute Gasteiger partial charge is 0.270 e. The first kappa shape index (κ1) is 23.6. The predicted octanol–water partition coefficient (Wildman–Crippen LogP) is 2.76. The minimum absolute atomic E-state index is 0.118. The van der Waals surface area contributed by atoms with Crippen LogP contribution in [0.1, 0.15) is 44.5 Å². The Labute approximate surface area is 187 Å². The van der Waals surface area contributed by atoms with Gasteiger partial charge in [-0.15, -0.1) is 0 Å². The van der Waals surface area contributed by atoms with Crippen molar-refractivity contribution in [2.75, 3.05) is 13.1 Å². The van der Waals surface area contributed by atoms with E-state index in [4.69, 9.17) is 0 Å². The van der Waals surface area contributed by atoms with Gasteiger partial charge in [0.25, 0.3) is 5.56 Å². The summed E-state index contributed by atoms with van der Waals surface area (Å²) in [4.78, 5) is 32.0. The van der Waals surface area contributed by atoms with E-state index in [2.05, 4.69) is 15.3 Å². The van der Waals surface area contributed by atoms with Crippen molar-refractivity contribution in [1.82, 2.24) is 19.6 Å². The molecule has 0 saturated carbocycles. The monoisotopic (exact) mass is 456 g/mol. The number of aromatic amines is 1. The molecule has 0 aliphatic rings. The van der Waals surface area contributed by atoms with Crippen molar-refractivity contribution in [2.45, 2.75) is 44.6 Å². The van der Waals surface area contributed by atoms with E-state index in [1.54, 1.807) is 50.2 Å². The zero-order valence-corrected chi connectivity index (χ0v) is 19.3. The summed E-state index contributed by atoms with van der Waals surface area (Å²) in [5.74, 6) is -0.216. The van der Waals surface area contributed by atoms with Crippen LogP contribution in [0.3, 0.4) is 0 Å². The lowest BCUT2D eigenvalue weighted by atomic mass is 10.1. The molecule has 8 nitrogen and oxygen atoms in total. The van der Waals surface area contributed by atoms with Gasteiger partial charge in [0, 0.05) is 25.9 Å². The van der Waals surface area contributed by atoms with Crippen molar-refractivity contribution in [3.05, 3.63) is 70.1 Å². The lowest BCUT2D eigenvalue weighted by molar-refractivity contribution is -0.121. The molecule has 0 unspecified atom stereocenters. The third kappa shape index (κ3) is 5.23. The molecular formula is C23H28N4O4S. The summed E-state index contributed by atoms with van der Waals surface area (Å²) in [5.41, 5.74) is 2.15. The number of benzene rings is 2. The van der Waals surface area contributed by atoms with Crippen LogP contribution in [0.25, 0.3) is 11.0 Å². The van der Waals surface area contributed by atoms with Gasteiger partial charge in [-0.2, -0.15) is 4.31 Å². The van der Waals surface area contributed by atoms with E-state index < -0.39 is 10.0 Å². The molecule has 3 aromatic rings. The highest BCUT2D eigenvalue weighted by atomic mass is 32.2. The number of hydrogen-bond acceptors (Lipinski definition) is 5. The molecule has 0 radical (unpaired) electrons. The molecular weight excluding hydrogens is 428 g/mol. The number of carbonyl (C=O) groups excluding carboxylic acids is 1. The predicted molar refractivity (Wildman–Crippen MR) is 124 cm³/mol. The lowest BCUT2D eigenvalue weighted by Gasteiger charge is -2.19. The van der Waals surface area contributed by atoms with E-state index in [0.29, 0.717) is 29.8 Å². The van der Waals surface area contributed by atoms with Gasteiger partial charge in [-0.1, -0.05) is 38.1 Å². The van der Waals surface area contributed by atoms with E-state index in [-0.39, 0.29) is 35.2 Å². The molecule has 1 atom stereocenters. The fourth-order valence-corrected chi connectivity index (χ4v) is 4.96. The number of nitrogens with one attached hydrogen (secondary N) is 2. The topological polar surface area (TPSA) is 112 Å². The molecule has 0 aliphatic carbocycles. The number of hydrogen-bond donors (Lipinski definition) is 2. The van der Waals surface area contributed by atoms with Crippen LogP contribution in [0.5, 0.6) is 0 Å². The fraction of sp³-hybridized carbons (Fsp3) is 0.348. The van der Waals surface area contributed by atoms with Gasteiger partial charge in [0.1, 0.15) is 5.69 Å². The minimum atomic E-state index is -3.52. The van der Waals surface area contributed by atoms with Crippen LogP contribution in [-0.2, 0) is 21.2 Å². The average Bonchev–Trinajstić information content (AvgIpc) is 2.78. The first-order valence-electron chi connectivity index (χ1n) is 10.6. The molecule has 0 spiro atoms. The molecule has 0 saturated heterocycles. The fourth-order valence-electron chi connectivity index (χ4n) is 3.51. The van der Waals surface area contributed by atoms with Crippen LogP contribution in [0.4, 0.5) is 0 Å². The number of rotatable bonds is 9. The summed E-state index contributed by atoms with van der Waals surface area (Å²) < 4.78 is 26.6. The Bertz CT molecular complexity index is 1250. The van der Waals surface area contributed by atoms with Gasteiger partial charge in [0.2, 0.25) is 15.9 Å². The molecule has 0 aliphatic heterocycles. The van der Waals surface area contributed by atoms with Crippen LogP contribution in [0.15, 0.2) is 58.2 Å². The number of amides is 1.